The maximum Gasteiger partial charge on any atom is 0.251 e. The van der Waals surface area contributed by atoms with Crippen molar-refractivity contribution < 1.29 is 9.53 Å². The molecule has 0 saturated carbocycles. The topological polar surface area (TPSA) is 54.5 Å². The van der Waals surface area contributed by atoms with Crippen LogP contribution in [0.2, 0.25) is 0 Å². The van der Waals surface area contributed by atoms with Crippen molar-refractivity contribution in [3.63, 3.8) is 0 Å². The molecule has 1 aromatic heterocycles. The molecule has 0 bridgehead atoms. The van der Waals surface area contributed by atoms with Crippen molar-refractivity contribution in [2.24, 2.45) is 0 Å². The van der Waals surface area contributed by atoms with Crippen LogP contribution in [0.25, 0.3) is 0 Å². The van der Waals surface area contributed by atoms with Crippen molar-refractivity contribution >= 4 is 11.6 Å². The predicted octanol–water partition coefficient (Wildman–Crippen LogP) is 3.87. The van der Waals surface area contributed by atoms with Gasteiger partial charge in [-0.3, -0.25) is 4.79 Å². The smallest absolute Gasteiger partial charge is 0.251 e. The Labute approximate surface area is 153 Å². The normalized spacial score (nSPS) is 10.2. The van der Waals surface area contributed by atoms with Crippen LogP contribution in [0.15, 0.2) is 72.9 Å². The molecule has 0 aliphatic carbocycles. The van der Waals surface area contributed by atoms with Crippen LogP contribution in [-0.2, 0) is 6.54 Å². The van der Waals surface area contributed by atoms with E-state index in [1.54, 1.807) is 12.3 Å². The molecule has 0 unspecified atom stereocenters. The Bertz CT molecular complexity index is 862. The lowest BCUT2D eigenvalue weighted by atomic mass is 10.1. The average molecular weight is 347 g/mol. The molecule has 0 aliphatic rings. The fourth-order valence-corrected chi connectivity index (χ4v) is 2.44. The van der Waals surface area contributed by atoms with Gasteiger partial charge in [-0.15, -0.1) is 0 Å². The van der Waals surface area contributed by atoms with Gasteiger partial charge in [0.05, 0.1) is 0 Å². The quantitative estimate of drug-likeness (QED) is 0.735. The molecule has 0 saturated heterocycles. The van der Waals surface area contributed by atoms with Gasteiger partial charge in [-0.2, -0.15) is 0 Å². The van der Waals surface area contributed by atoms with Gasteiger partial charge in [-0.05, 0) is 48.0 Å². The molecule has 0 radical (unpaired) electrons. The van der Waals surface area contributed by atoms with Crippen LogP contribution < -0.4 is 15.0 Å². The van der Waals surface area contributed by atoms with Crippen LogP contribution in [-0.4, -0.2) is 25.0 Å². The Balaban J connectivity index is 1.60. The Morgan fingerprint density at radius 3 is 2.54 bits per heavy atom. The predicted molar refractivity (Wildman–Crippen MR) is 103 cm³/mol. The van der Waals surface area contributed by atoms with Crippen LogP contribution in [0.3, 0.4) is 0 Å². The number of ether oxygens (including phenoxy) is 1. The molecule has 5 heteroatoms. The summed E-state index contributed by atoms with van der Waals surface area (Å²) in [5.41, 5.74) is 2.65. The van der Waals surface area contributed by atoms with Gasteiger partial charge >= 0.3 is 0 Å². The third-order valence-corrected chi connectivity index (χ3v) is 3.86. The molecule has 0 atom stereocenters. The number of hydrogen-bond donors (Lipinski definition) is 1. The molecular formula is C21H21N3O2. The van der Waals surface area contributed by atoms with Crippen molar-refractivity contribution in [2.45, 2.75) is 6.54 Å². The zero-order chi connectivity index (χ0) is 18.4. The van der Waals surface area contributed by atoms with Gasteiger partial charge in [0.25, 0.3) is 5.91 Å². The van der Waals surface area contributed by atoms with E-state index in [2.05, 4.69) is 10.3 Å². The summed E-state index contributed by atoms with van der Waals surface area (Å²) in [6, 6.07) is 20.6. The van der Waals surface area contributed by atoms with E-state index in [9.17, 15) is 4.79 Å². The minimum Gasteiger partial charge on any atom is -0.439 e. The molecular weight excluding hydrogens is 326 g/mol. The lowest BCUT2D eigenvalue weighted by Crippen LogP contribution is -2.22. The fourth-order valence-electron chi connectivity index (χ4n) is 2.44. The van der Waals surface area contributed by atoms with Crippen LogP contribution in [0.5, 0.6) is 11.6 Å². The zero-order valence-corrected chi connectivity index (χ0v) is 14.8. The number of pyridine rings is 1. The van der Waals surface area contributed by atoms with Crippen LogP contribution >= 0.6 is 0 Å². The first-order valence-electron chi connectivity index (χ1n) is 8.35. The van der Waals surface area contributed by atoms with Gasteiger partial charge in [-0.25, -0.2) is 4.98 Å². The monoisotopic (exact) mass is 347 g/mol. The van der Waals surface area contributed by atoms with Crippen LogP contribution in [0, 0.1) is 0 Å². The molecule has 0 spiro atoms. The van der Waals surface area contributed by atoms with Gasteiger partial charge in [0.1, 0.15) is 5.75 Å². The molecule has 1 N–H and O–H groups in total. The number of benzene rings is 2. The first-order chi connectivity index (χ1) is 12.6. The standard InChI is InChI=1S/C21H21N3O2/c1-24(2)18-11-9-17(10-12-18)21(25)23-15-16-6-5-7-19(14-16)26-20-8-3-4-13-22-20/h3-14H,15H2,1-2H3,(H,23,25). The fraction of sp³-hybridized carbons (Fsp3) is 0.143. The second kappa shape index (κ2) is 8.16. The van der Waals surface area contributed by atoms with Crippen molar-refractivity contribution in [1.82, 2.24) is 10.3 Å². The SMILES string of the molecule is CN(C)c1ccc(C(=O)NCc2cccc(Oc3ccccn3)c2)cc1. The number of nitrogens with one attached hydrogen (secondary N) is 1. The number of carbonyl (C=O) groups excluding carboxylic acids is 1. The number of anilines is 1. The number of aromatic nitrogens is 1. The van der Waals surface area contributed by atoms with Crippen molar-refractivity contribution in [1.29, 1.82) is 0 Å². The molecule has 2 aromatic carbocycles. The summed E-state index contributed by atoms with van der Waals surface area (Å²) >= 11 is 0. The van der Waals surface area contributed by atoms with Crippen molar-refractivity contribution in [2.75, 3.05) is 19.0 Å². The van der Waals surface area contributed by atoms with E-state index in [0.29, 0.717) is 23.7 Å². The molecule has 1 heterocycles. The average Bonchev–Trinajstić information content (AvgIpc) is 2.67. The lowest BCUT2D eigenvalue weighted by Gasteiger charge is -2.12. The summed E-state index contributed by atoms with van der Waals surface area (Å²) in [5, 5.41) is 2.93. The largest absolute Gasteiger partial charge is 0.439 e. The van der Waals surface area contributed by atoms with Gasteiger partial charge in [0.15, 0.2) is 0 Å². The van der Waals surface area contributed by atoms with Crippen molar-refractivity contribution in [3.05, 3.63) is 84.1 Å². The number of hydrogen-bond acceptors (Lipinski definition) is 4. The minimum atomic E-state index is -0.105. The van der Waals surface area contributed by atoms with E-state index >= 15 is 0 Å². The van der Waals surface area contributed by atoms with Crippen molar-refractivity contribution in [3.8, 4) is 11.6 Å². The first kappa shape index (κ1) is 17.5. The zero-order valence-electron chi connectivity index (χ0n) is 14.8. The van der Waals surface area contributed by atoms with E-state index in [4.69, 9.17) is 4.74 Å². The molecule has 26 heavy (non-hydrogen) atoms. The van der Waals surface area contributed by atoms with Gasteiger partial charge in [0, 0.05) is 44.2 Å². The molecule has 1 amide bonds. The molecule has 3 rings (SSSR count). The van der Waals surface area contributed by atoms with Gasteiger partial charge in [0.2, 0.25) is 5.88 Å². The highest BCUT2D eigenvalue weighted by molar-refractivity contribution is 5.94. The Kier molecular flexibility index (Phi) is 5.49. The number of rotatable bonds is 6. The summed E-state index contributed by atoms with van der Waals surface area (Å²) in [6.07, 6.45) is 1.68. The van der Waals surface area contributed by atoms with E-state index in [0.717, 1.165) is 11.3 Å². The number of amides is 1. The molecule has 0 fully saturated rings. The summed E-state index contributed by atoms with van der Waals surface area (Å²) in [5.74, 6) is 1.12. The first-order valence-corrected chi connectivity index (χ1v) is 8.35. The Morgan fingerprint density at radius 2 is 1.85 bits per heavy atom. The minimum absolute atomic E-state index is 0.105. The highest BCUT2D eigenvalue weighted by Crippen LogP contribution is 2.20. The second-order valence-corrected chi connectivity index (χ2v) is 6.04. The Hall–Kier alpha value is -3.34. The Morgan fingerprint density at radius 1 is 1.04 bits per heavy atom. The van der Waals surface area contributed by atoms with Crippen LogP contribution in [0.4, 0.5) is 5.69 Å². The molecule has 132 valence electrons. The van der Waals surface area contributed by atoms with Crippen LogP contribution in [0.1, 0.15) is 15.9 Å². The summed E-state index contributed by atoms with van der Waals surface area (Å²) in [7, 11) is 3.93. The van der Waals surface area contributed by atoms with E-state index in [1.807, 2.05) is 79.7 Å². The number of carbonyl (C=O) groups is 1. The van der Waals surface area contributed by atoms with Gasteiger partial charge < -0.3 is 15.0 Å². The maximum absolute atomic E-state index is 12.3. The third-order valence-electron chi connectivity index (χ3n) is 3.86. The molecule has 3 aromatic rings. The highest BCUT2D eigenvalue weighted by atomic mass is 16.5. The molecule has 5 nitrogen and oxygen atoms in total. The second-order valence-electron chi connectivity index (χ2n) is 6.04. The number of nitrogens with zero attached hydrogens (tertiary/aromatic N) is 2. The molecule has 0 aliphatic heterocycles. The summed E-state index contributed by atoms with van der Waals surface area (Å²) in [4.78, 5) is 18.4. The summed E-state index contributed by atoms with van der Waals surface area (Å²) < 4.78 is 5.72. The lowest BCUT2D eigenvalue weighted by molar-refractivity contribution is 0.0951. The van der Waals surface area contributed by atoms with E-state index in [1.165, 1.54) is 0 Å². The van der Waals surface area contributed by atoms with Gasteiger partial charge in [-0.1, -0.05) is 18.2 Å². The maximum atomic E-state index is 12.3. The van der Waals surface area contributed by atoms with E-state index < -0.39 is 0 Å². The van der Waals surface area contributed by atoms with E-state index in [-0.39, 0.29) is 5.91 Å². The highest BCUT2D eigenvalue weighted by Gasteiger charge is 2.06. The summed E-state index contributed by atoms with van der Waals surface area (Å²) in [6.45, 7) is 0.424. The third kappa shape index (κ3) is 4.60.